The SMILES string of the molecule is CC(Nc1nc(C(=O)O)nc2c1N(Cc1ccc(C(F)(F)F)cc1)C(N(C=O)C1(C)CCCCC1)N2C)C1CCC1. The molecule has 9 nitrogen and oxygen atoms in total. The van der Waals surface area contributed by atoms with Crippen LogP contribution in [0.4, 0.5) is 30.5 Å². The van der Waals surface area contributed by atoms with E-state index in [0.29, 0.717) is 28.8 Å². The van der Waals surface area contributed by atoms with Gasteiger partial charge in [-0.15, -0.1) is 0 Å². The smallest absolute Gasteiger partial charge is 0.416 e. The zero-order valence-electron chi connectivity index (χ0n) is 23.6. The fourth-order valence-electron chi connectivity index (χ4n) is 6.38. The maximum atomic E-state index is 13.3. The number of benzene rings is 1. The van der Waals surface area contributed by atoms with E-state index in [1.54, 1.807) is 16.8 Å². The Morgan fingerprint density at radius 2 is 1.83 bits per heavy atom. The standard InChI is InChI=1S/C29H37F3N6O3/c1-18(20-8-7-9-20)33-23-22-25(35-24(34-23)26(40)41)36(3)27(38(17-39)28(2)14-5-4-6-15-28)37(22)16-19-10-12-21(13-11-19)29(30,31)32/h10-13,17-18,20,27H,4-9,14-16H2,1-3H3,(H,40,41)(H,33,34,35). The summed E-state index contributed by atoms with van der Waals surface area (Å²) in [5, 5.41) is 13.3. The molecule has 2 heterocycles. The van der Waals surface area contributed by atoms with Crippen LogP contribution in [0.25, 0.3) is 0 Å². The molecule has 1 aromatic carbocycles. The fourth-order valence-corrected chi connectivity index (χ4v) is 6.38. The second-order valence-corrected chi connectivity index (χ2v) is 11.8. The zero-order chi connectivity index (χ0) is 29.5. The van der Waals surface area contributed by atoms with Gasteiger partial charge in [0.05, 0.1) is 5.56 Å². The van der Waals surface area contributed by atoms with Crippen molar-refractivity contribution >= 4 is 29.7 Å². The van der Waals surface area contributed by atoms with Crippen molar-refractivity contribution in [1.29, 1.82) is 0 Å². The molecule has 2 atom stereocenters. The molecule has 2 unspecified atom stereocenters. The Bertz CT molecular complexity index is 1280. The third kappa shape index (κ3) is 5.52. The number of carbonyl (C=O) groups is 2. The molecule has 1 aromatic heterocycles. The number of rotatable bonds is 9. The molecule has 1 amide bonds. The van der Waals surface area contributed by atoms with Crippen molar-refractivity contribution in [2.75, 3.05) is 22.2 Å². The fraction of sp³-hybridized carbons (Fsp3) is 0.586. The van der Waals surface area contributed by atoms with Gasteiger partial charge in [0.1, 0.15) is 5.69 Å². The lowest BCUT2D eigenvalue weighted by atomic mass is 9.80. The van der Waals surface area contributed by atoms with Crippen LogP contribution in [-0.4, -0.2) is 57.3 Å². The Morgan fingerprint density at radius 1 is 1.17 bits per heavy atom. The lowest BCUT2D eigenvalue weighted by Gasteiger charge is -2.49. The number of halogens is 3. The highest BCUT2D eigenvalue weighted by Crippen LogP contribution is 2.47. The third-order valence-corrected chi connectivity index (χ3v) is 9.08. The highest BCUT2D eigenvalue weighted by molar-refractivity contribution is 5.90. The molecule has 2 aliphatic carbocycles. The Labute approximate surface area is 237 Å². The molecule has 0 bridgehead atoms. The number of amides is 1. The Balaban J connectivity index is 1.61. The zero-order valence-corrected chi connectivity index (χ0v) is 23.6. The Hall–Kier alpha value is -3.57. The molecule has 1 aliphatic heterocycles. The van der Waals surface area contributed by atoms with E-state index in [2.05, 4.69) is 22.2 Å². The van der Waals surface area contributed by atoms with Gasteiger partial charge in [-0.25, -0.2) is 14.8 Å². The van der Waals surface area contributed by atoms with Gasteiger partial charge in [0.25, 0.3) is 0 Å². The van der Waals surface area contributed by atoms with Crippen LogP contribution < -0.4 is 15.1 Å². The van der Waals surface area contributed by atoms with Crippen molar-refractivity contribution in [3.8, 4) is 0 Å². The average Bonchev–Trinajstić information content (AvgIpc) is 3.15. The minimum absolute atomic E-state index is 0.0136. The monoisotopic (exact) mass is 574 g/mol. The first kappa shape index (κ1) is 28.9. The van der Waals surface area contributed by atoms with Gasteiger partial charge in [-0.2, -0.15) is 13.2 Å². The van der Waals surface area contributed by atoms with E-state index in [-0.39, 0.29) is 18.4 Å². The number of alkyl halides is 3. The van der Waals surface area contributed by atoms with Crippen LogP contribution in [0.15, 0.2) is 24.3 Å². The van der Waals surface area contributed by atoms with Gasteiger partial charge in [-0.05, 0) is 63.1 Å². The van der Waals surface area contributed by atoms with Crippen LogP contribution >= 0.6 is 0 Å². The number of carboxylic acids is 1. The highest BCUT2D eigenvalue weighted by Gasteiger charge is 2.47. The van der Waals surface area contributed by atoms with Gasteiger partial charge in [0, 0.05) is 25.2 Å². The Morgan fingerprint density at radius 3 is 2.37 bits per heavy atom. The third-order valence-electron chi connectivity index (χ3n) is 9.08. The molecule has 12 heteroatoms. The van der Waals surface area contributed by atoms with Gasteiger partial charge in [0.15, 0.2) is 17.9 Å². The molecule has 2 aromatic rings. The number of anilines is 3. The number of nitrogens with zero attached hydrogens (tertiary/aromatic N) is 5. The van der Waals surface area contributed by atoms with Gasteiger partial charge in [0.2, 0.25) is 12.2 Å². The molecular formula is C29H37F3N6O3. The summed E-state index contributed by atoms with van der Waals surface area (Å²) in [7, 11) is 1.76. The maximum absolute atomic E-state index is 13.3. The quantitative estimate of drug-likeness (QED) is 0.367. The maximum Gasteiger partial charge on any atom is 0.416 e. The van der Waals surface area contributed by atoms with Crippen molar-refractivity contribution in [3.63, 3.8) is 0 Å². The van der Waals surface area contributed by atoms with Crippen LogP contribution in [0.3, 0.4) is 0 Å². The molecule has 0 saturated heterocycles. The van der Waals surface area contributed by atoms with Gasteiger partial charge < -0.3 is 25.1 Å². The number of hydrogen-bond donors (Lipinski definition) is 2. The summed E-state index contributed by atoms with van der Waals surface area (Å²) >= 11 is 0. The minimum atomic E-state index is -4.46. The van der Waals surface area contributed by atoms with E-state index < -0.39 is 29.5 Å². The largest absolute Gasteiger partial charge is 0.475 e. The summed E-state index contributed by atoms with van der Waals surface area (Å²) in [6, 6.07) is 4.98. The summed E-state index contributed by atoms with van der Waals surface area (Å²) in [5.74, 6) is -0.531. The molecule has 2 fully saturated rings. The van der Waals surface area contributed by atoms with Gasteiger partial charge in [-0.1, -0.05) is 37.8 Å². The number of fused-ring (bicyclic) bond motifs is 1. The van der Waals surface area contributed by atoms with Crippen LogP contribution in [0, 0.1) is 5.92 Å². The Kier molecular flexibility index (Phi) is 7.78. The first-order valence-electron chi connectivity index (χ1n) is 14.2. The lowest BCUT2D eigenvalue weighted by molar-refractivity contribution is -0.137. The summed E-state index contributed by atoms with van der Waals surface area (Å²) < 4.78 is 39.8. The number of hydrogen-bond acceptors (Lipinski definition) is 7. The summed E-state index contributed by atoms with van der Waals surface area (Å²) in [4.78, 5) is 39.1. The summed E-state index contributed by atoms with van der Waals surface area (Å²) in [6.45, 7) is 4.25. The van der Waals surface area contributed by atoms with Crippen LogP contribution in [0.5, 0.6) is 0 Å². The summed E-state index contributed by atoms with van der Waals surface area (Å²) in [5.41, 5.74) is -0.0778. The number of aromatic carboxylic acids is 1. The number of carboxylic acid groups (broad SMARTS) is 1. The van der Waals surface area contributed by atoms with E-state index in [1.165, 1.54) is 12.1 Å². The molecule has 41 heavy (non-hydrogen) atoms. The topological polar surface area (TPSA) is 102 Å². The van der Waals surface area contributed by atoms with E-state index in [4.69, 9.17) is 0 Å². The molecule has 0 radical (unpaired) electrons. The number of nitrogens with one attached hydrogen (secondary N) is 1. The molecule has 222 valence electrons. The molecule has 2 N–H and O–H groups in total. The normalized spacial score (nSPS) is 21.2. The first-order chi connectivity index (χ1) is 19.4. The van der Waals surface area contributed by atoms with E-state index in [0.717, 1.165) is 69.9 Å². The van der Waals surface area contributed by atoms with Gasteiger partial charge >= 0.3 is 12.1 Å². The minimum Gasteiger partial charge on any atom is -0.475 e. The molecule has 3 aliphatic rings. The summed E-state index contributed by atoms with van der Waals surface area (Å²) in [6.07, 6.45) is 3.56. The van der Waals surface area contributed by atoms with Crippen molar-refractivity contribution in [2.45, 2.75) is 95.8 Å². The molecular weight excluding hydrogens is 537 g/mol. The molecule has 0 spiro atoms. The van der Waals surface area contributed by atoms with Crippen molar-refractivity contribution < 1.29 is 27.9 Å². The van der Waals surface area contributed by atoms with Crippen LogP contribution in [0.1, 0.15) is 87.0 Å². The second-order valence-electron chi connectivity index (χ2n) is 11.8. The van der Waals surface area contributed by atoms with Crippen molar-refractivity contribution in [1.82, 2.24) is 14.9 Å². The van der Waals surface area contributed by atoms with Crippen molar-refractivity contribution in [2.24, 2.45) is 5.92 Å². The van der Waals surface area contributed by atoms with Gasteiger partial charge in [-0.3, -0.25) is 4.79 Å². The highest BCUT2D eigenvalue weighted by atomic mass is 19.4. The van der Waals surface area contributed by atoms with E-state index >= 15 is 0 Å². The number of carbonyl (C=O) groups excluding carboxylic acids is 1. The van der Waals surface area contributed by atoms with E-state index in [9.17, 15) is 27.9 Å². The number of aromatic nitrogens is 2. The molecule has 5 rings (SSSR count). The van der Waals surface area contributed by atoms with E-state index in [1.807, 2.05) is 11.8 Å². The van der Waals surface area contributed by atoms with Crippen LogP contribution in [-0.2, 0) is 17.5 Å². The average molecular weight is 575 g/mol. The predicted molar refractivity (Wildman–Crippen MR) is 149 cm³/mol. The first-order valence-corrected chi connectivity index (χ1v) is 14.2. The molecule has 2 saturated carbocycles. The van der Waals surface area contributed by atoms with Crippen LogP contribution in [0.2, 0.25) is 0 Å². The van der Waals surface area contributed by atoms with Crippen molar-refractivity contribution in [3.05, 3.63) is 41.2 Å². The lowest BCUT2D eigenvalue weighted by Crippen LogP contribution is -2.61. The second kappa shape index (κ2) is 11.0. The predicted octanol–water partition coefficient (Wildman–Crippen LogP) is 5.72.